The minimum Gasteiger partial charge on any atom is -0.362 e. The van der Waals surface area contributed by atoms with Gasteiger partial charge in [0.15, 0.2) is 0 Å². The molecule has 1 aromatic carbocycles. The maximum Gasteiger partial charge on any atom is 0.0542 e. The highest BCUT2D eigenvalue weighted by Crippen LogP contribution is 2.29. The van der Waals surface area contributed by atoms with E-state index in [1.807, 2.05) is 0 Å². The Hall–Kier alpha value is -1.28. The van der Waals surface area contributed by atoms with E-state index in [1.165, 1.54) is 16.8 Å². The van der Waals surface area contributed by atoms with Crippen molar-refractivity contribution in [3.8, 4) is 0 Å². The van der Waals surface area contributed by atoms with Gasteiger partial charge >= 0.3 is 0 Å². The number of benzene rings is 1. The summed E-state index contributed by atoms with van der Waals surface area (Å²) in [6.07, 6.45) is 5.66. The van der Waals surface area contributed by atoms with Gasteiger partial charge in [-0.1, -0.05) is 25.1 Å². The van der Waals surface area contributed by atoms with E-state index in [-0.39, 0.29) is 0 Å². The third-order valence-corrected chi connectivity index (χ3v) is 3.61. The number of aryl methyl sites for hydroxylation is 1. The molecule has 0 bridgehead atoms. The summed E-state index contributed by atoms with van der Waals surface area (Å²) in [7, 11) is 0. The number of hydrogen-bond donors (Lipinski definition) is 1. The summed E-state index contributed by atoms with van der Waals surface area (Å²) in [6, 6.07) is 7.56. The summed E-state index contributed by atoms with van der Waals surface area (Å²) in [5.74, 6) is 0. The van der Waals surface area contributed by atoms with Crippen molar-refractivity contribution >= 4 is 11.8 Å². The summed E-state index contributed by atoms with van der Waals surface area (Å²) in [5, 5.41) is 3.35. The monoisotopic (exact) mass is 214 g/mol. The first-order valence-electron chi connectivity index (χ1n) is 6.15. The van der Waals surface area contributed by atoms with Crippen LogP contribution in [0.2, 0.25) is 0 Å². The van der Waals surface area contributed by atoms with Gasteiger partial charge in [-0.3, -0.25) is 0 Å². The van der Waals surface area contributed by atoms with E-state index >= 15 is 0 Å². The molecule has 3 rings (SSSR count). The van der Waals surface area contributed by atoms with Crippen LogP contribution in [0.15, 0.2) is 24.3 Å². The Morgan fingerprint density at radius 2 is 2.25 bits per heavy atom. The van der Waals surface area contributed by atoms with Gasteiger partial charge in [0, 0.05) is 25.3 Å². The predicted octanol–water partition coefficient (Wildman–Crippen LogP) is 2.05. The molecule has 2 aliphatic heterocycles. The third-order valence-electron chi connectivity index (χ3n) is 3.61. The fourth-order valence-corrected chi connectivity index (χ4v) is 2.45. The Kier molecular flexibility index (Phi) is 2.44. The van der Waals surface area contributed by atoms with Crippen LogP contribution in [0.25, 0.3) is 6.08 Å². The van der Waals surface area contributed by atoms with Crippen LogP contribution in [-0.4, -0.2) is 25.7 Å². The molecule has 1 N–H and O–H groups in total. The summed E-state index contributed by atoms with van der Waals surface area (Å²) < 4.78 is 0. The maximum atomic E-state index is 3.35. The Labute approximate surface area is 97.0 Å². The van der Waals surface area contributed by atoms with Crippen molar-refractivity contribution in [2.75, 3.05) is 24.5 Å². The average Bonchev–Trinajstić information content (AvgIpc) is 2.26. The smallest absolute Gasteiger partial charge is 0.0542 e. The van der Waals surface area contributed by atoms with E-state index in [2.05, 4.69) is 47.5 Å². The van der Waals surface area contributed by atoms with Gasteiger partial charge in [0.05, 0.1) is 6.04 Å². The zero-order valence-electron chi connectivity index (χ0n) is 9.74. The standard InChI is InChI=1S/C14H18N2/c1-2-11-5-6-14-12(8-11)4-3-7-16(14)13-9-15-10-13/h3-6,8,13,15H,2,7,9-10H2,1H3. The molecule has 0 radical (unpaired) electrons. The molecule has 2 aliphatic rings. The predicted molar refractivity (Wildman–Crippen MR) is 68.9 cm³/mol. The SMILES string of the molecule is CCc1ccc2c(c1)C=CCN2C1CNC1. The molecule has 1 fully saturated rings. The zero-order valence-corrected chi connectivity index (χ0v) is 9.74. The summed E-state index contributed by atoms with van der Waals surface area (Å²) >= 11 is 0. The van der Waals surface area contributed by atoms with Crippen molar-refractivity contribution in [1.29, 1.82) is 0 Å². The van der Waals surface area contributed by atoms with E-state index in [1.54, 1.807) is 0 Å². The van der Waals surface area contributed by atoms with Crippen LogP contribution < -0.4 is 10.2 Å². The molecule has 0 aromatic heterocycles. The molecule has 0 unspecified atom stereocenters. The molecule has 0 saturated carbocycles. The molecule has 16 heavy (non-hydrogen) atoms. The van der Waals surface area contributed by atoms with Crippen molar-refractivity contribution < 1.29 is 0 Å². The van der Waals surface area contributed by atoms with Crippen LogP contribution >= 0.6 is 0 Å². The van der Waals surface area contributed by atoms with E-state index < -0.39 is 0 Å². The molecule has 2 heteroatoms. The van der Waals surface area contributed by atoms with E-state index in [0.717, 1.165) is 26.1 Å². The Morgan fingerprint density at radius 1 is 1.38 bits per heavy atom. The maximum absolute atomic E-state index is 3.35. The molecule has 1 aromatic rings. The van der Waals surface area contributed by atoms with Crippen molar-refractivity contribution in [1.82, 2.24) is 5.32 Å². The zero-order chi connectivity index (χ0) is 11.0. The molecule has 2 heterocycles. The highest BCUT2D eigenvalue weighted by atomic mass is 15.2. The van der Waals surface area contributed by atoms with Crippen molar-refractivity contribution in [2.45, 2.75) is 19.4 Å². The lowest BCUT2D eigenvalue weighted by molar-refractivity contribution is 0.420. The first-order chi connectivity index (χ1) is 7.88. The largest absolute Gasteiger partial charge is 0.362 e. The first kappa shape index (κ1) is 9.91. The average molecular weight is 214 g/mol. The third kappa shape index (κ3) is 1.54. The van der Waals surface area contributed by atoms with Crippen LogP contribution in [-0.2, 0) is 6.42 Å². The topological polar surface area (TPSA) is 15.3 Å². The molecule has 0 amide bonds. The summed E-state index contributed by atoms with van der Waals surface area (Å²) in [4.78, 5) is 2.52. The Morgan fingerprint density at radius 3 is 2.94 bits per heavy atom. The summed E-state index contributed by atoms with van der Waals surface area (Å²) in [6.45, 7) is 5.53. The molecule has 1 saturated heterocycles. The fraction of sp³-hybridized carbons (Fsp3) is 0.429. The van der Waals surface area contributed by atoms with Gasteiger partial charge in [-0.2, -0.15) is 0 Å². The number of fused-ring (bicyclic) bond motifs is 1. The normalized spacial score (nSPS) is 19.4. The second-order valence-corrected chi connectivity index (χ2v) is 4.61. The van der Waals surface area contributed by atoms with E-state index in [4.69, 9.17) is 0 Å². The van der Waals surface area contributed by atoms with E-state index in [9.17, 15) is 0 Å². The van der Waals surface area contributed by atoms with Gasteiger partial charge < -0.3 is 10.2 Å². The fourth-order valence-electron chi connectivity index (χ4n) is 2.45. The molecular formula is C14H18N2. The molecule has 0 aliphatic carbocycles. The van der Waals surface area contributed by atoms with Crippen molar-refractivity contribution in [2.24, 2.45) is 0 Å². The lowest BCUT2D eigenvalue weighted by Crippen LogP contribution is -2.58. The van der Waals surface area contributed by atoms with Crippen LogP contribution in [0.5, 0.6) is 0 Å². The Bertz CT molecular complexity index is 419. The highest BCUT2D eigenvalue weighted by Gasteiger charge is 2.26. The number of anilines is 1. The lowest BCUT2D eigenvalue weighted by atomic mass is 10.00. The molecule has 84 valence electrons. The molecule has 2 nitrogen and oxygen atoms in total. The minimum absolute atomic E-state index is 0.691. The van der Waals surface area contributed by atoms with Crippen LogP contribution in [0.3, 0.4) is 0 Å². The van der Waals surface area contributed by atoms with Gasteiger partial charge in [0.2, 0.25) is 0 Å². The number of rotatable bonds is 2. The van der Waals surface area contributed by atoms with Gasteiger partial charge in [-0.15, -0.1) is 0 Å². The van der Waals surface area contributed by atoms with Crippen molar-refractivity contribution in [3.63, 3.8) is 0 Å². The molecular weight excluding hydrogens is 196 g/mol. The van der Waals surface area contributed by atoms with Crippen molar-refractivity contribution in [3.05, 3.63) is 35.4 Å². The minimum atomic E-state index is 0.691. The number of hydrogen-bond acceptors (Lipinski definition) is 2. The number of nitrogens with zero attached hydrogens (tertiary/aromatic N) is 1. The number of nitrogens with one attached hydrogen (secondary N) is 1. The van der Waals surface area contributed by atoms with Crippen LogP contribution in [0.4, 0.5) is 5.69 Å². The second-order valence-electron chi connectivity index (χ2n) is 4.61. The Balaban J connectivity index is 1.95. The van der Waals surface area contributed by atoms with Crippen LogP contribution in [0, 0.1) is 0 Å². The van der Waals surface area contributed by atoms with Gasteiger partial charge in [0.1, 0.15) is 0 Å². The second kappa shape index (κ2) is 3.95. The molecule has 0 spiro atoms. The van der Waals surface area contributed by atoms with Gasteiger partial charge in [-0.05, 0) is 29.7 Å². The lowest BCUT2D eigenvalue weighted by Gasteiger charge is -2.41. The molecule has 0 atom stereocenters. The first-order valence-corrected chi connectivity index (χ1v) is 6.15. The quantitative estimate of drug-likeness (QED) is 0.810. The summed E-state index contributed by atoms with van der Waals surface area (Å²) in [5.41, 5.74) is 4.22. The van der Waals surface area contributed by atoms with Gasteiger partial charge in [0.25, 0.3) is 0 Å². The van der Waals surface area contributed by atoms with E-state index in [0.29, 0.717) is 6.04 Å². The van der Waals surface area contributed by atoms with Crippen LogP contribution in [0.1, 0.15) is 18.1 Å². The highest BCUT2D eigenvalue weighted by molar-refractivity contribution is 5.72. The van der Waals surface area contributed by atoms with Gasteiger partial charge in [-0.25, -0.2) is 0 Å².